The molecule has 0 bridgehead atoms. The second kappa shape index (κ2) is 6.11. The number of nitrogens with zero attached hydrogens (tertiary/aromatic N) is 1. The van der Waals surface area contributed by atoms with Crippen molar-refractivity contribution in [1.29, 1.82) is 0 Å². The average Bonchev–Trinajstić information content (AvgIpc) is 2.56. The Labute approximate surface area is 153 Å². The van der Waals surface area contributed by atoms with Crippen LogP contribution < -0.4 is 0 Å². The summed E-state index contributed by atoms with van der Waals surface area (Å²) >= 11 is 0. The Morgan fingerprint density at radius 2 is 1.88 bits per heavy atom. The number of hydrogen-bond acceptors (Lipinski definition) is 2. The fourth-order valence-electron chi connectivity index (χ4n) is 6.99. The maximum absolute atomic E-state index is 12.2. The summed E-state index contributed by atoms with van der Waals surface area (Å²) in [5, 5.41) is 10.0. The molecule has 3 nitrogen and oxygen atoms in total. The standard InChI is InChI=1S/C22H37NO2/c1-7-15(14-24)22(5)13-10-17-16(20(22,2)3)8-9-18-21(17,4)12-11-19(25)23(18)6/h11-12,15-18,24H,7-10,13-14H2,1-6H3/t15-,16?,17?,18-,21-,22-/m1/s1. The number of likely N-dealkylation sites (N-methyl/N-ethyl adjacent to an activating group) is 1. The van der Waals surface area contributed by atoms with E-state index in [4.69, 9.17) is 0 Å². The highest BCUT2D eigenvalue weighted by molar-refractivity contribution is 5.89. The molecule has 0 aromatic rings. The molecule has 2 saturated carbocycles. The summed E-state index contributed by atoms with van der Waals surface area (Å²) in [7, 11) is 1.98. The second-order valence-electron chi connectivity index (χ2n) is 9.92. The highest BCUT2D eigenvalue weighted by atomic mass is 16.3. The smallest absolute Gasteiger partial charge is 0.246 e. The molecule has 1 N–H and O–H groups in total. The van der Waals surface area contributed by atoms with Crippen LogP contribution in [0.4, 0.5) is 0 Å². The zero-order valence-electron chi connectivity index (χ0n) is 17.0. The number of carbonyl (C=O) groups is 1. The lowest BCUT2D eigenvalue weighted by Crippen LogP contribution is -2.62. The Bertz CT molecular complexity index is 564. The lowest BCUT2D eigenvalue weighted by Gasteiger charge is -2.65. The molecule has 6 atom stereocenters. The number of aliphatic hydroxyl groups is 1. The van der Waals surface area contributed by atoms with Crippen LogP contribution in [0.25, 0.3) is 0 Å². The molecule has 1 heterocycles. The van der Waals surface area contributed by atoms with Crippen LogP contribution in [0, 0.1) is 34.0 Å². The molecule has 3 heteroatoms. The topological polar surface area (TPSA) is 40.5 Å². The molecular formula is C22H37NO2. The molecule has 2 aliphatic carbocycles. The van der Waals surface area contributed by atoms with E-state index in [1.165, 1.54) is 19.3 Å². The van der Waals surface area contributed by atoms with Crippen molar-refractivity contribution in [1.82, 2.24) is 4.90 Å². The van der Waals surface area contributed by atoms with Crippen LogP contribution in [-0.4, -0.2) is 35.6 Å². The van der Waals surface area contributed by atoms with Crippen molar-refractivity contribution >= 4 is 5.91 Å². The first-order chi connectivity index (χ1) is 11.6. The second-order valence-corrected chi connectivity index (χ2v) is 9.92. The van der Waals surface area contributed by atoms with Gasteiger partial charge in [-0.25, -0.2) is 0 Å². The zero-order valence-corrected chi connectivity index (χ0v) is 17.0. The zero-order chi connectivity index (χ0) is 18.6. The Kier molecular flexibility index (Phi) is 4.63. The Morgan fingerprint density at radius 3 is 2.48 bits per heavy atom. The predicted octanol–water partition coefficient (Wildman–Crippen LogP) is 4.26. The van der Waals surface area contributed by atoms with Gasteiger partial charge in [0.1, 0.15) is 0 Å². The largest absolute Gasteiger partial charge is 0.396 e. The van der Waals surface area contributed by atoms with E-state index in [1.807, 2.05) is 18.0 Å². The van der Waals surface area contributed by atoms with E-state index in [0.717, 1.165) is 12.8 Å². The highest BCUT2D eigenvalue weighted by Crippen LogP contribution is 2.66. The molecule has 0 spiro atoms. The number of amides is 1. The summed E-state index contributed by atoms with van der Waals surface area (Å²) in [5.74, 6) is 1.81. The van der Waals surface area contributed by atoms with E-state index in [1.54, 1.807) is 0 Å². The Morgan fingerprint density at radius 1 is 1.20 bits per heavy atom. The molecule has 0 radical (unpaired) electrons. The van der Waals surface area contributed by atoms with E-state index >= 15 is 0 Å². The SMILES string of the molecule is CC[C@H](CO)[C@@]1(C)CCC2C(CC[C@H]3N(C)C(=O)C=C[C@]23C)C1(C)C. The van der Waals surface area contributed by atoms with E-state index in [9.17, 15) is 9.90 Å². The van der Waals surface area contributed by atoms with Gasteiger partial charge >= 0.3 is 0 Å². The van der Waals surface area contributed by atoms with Gasteiger partial charge in [0.2, 0.25) is 5.91 Å². The van der Waals surface area contributed by atoms with Gasteiger partial charge in [-0.3, -0.25) is 4.79 Å². The van der Waals surface area contributed by atoms with Crippen molar-refractivity contribution in [3.63, 3.8) is 0 Å². The van der Waals surface area contributed by atoms with Gasteiger partial charge in [-0.2, -0.15) is 0 Å². The molecule has 2 fully saturated rings. The van der Waals surface area contributed by atoms with Crippen LogP contribution in [0.3, 0.4) is 0 Å². The maximum Gasteiger partial charge on any atom is 0.246 e. The normalized spacial score (nSPS) is 44.2. The van der Waals surface area contributed by atoms with Crippen LogP contribution in [0.2, 0.25) is 0 Å². The molecule has 0 aromatic heterocycles. The summed E-state index contributed by atoms with van der Waals surface area (Å²) in [5.41, 5.74) is 0.466. The summed E-state index contributed by atoms with van der Waals surface area (Å²) in [6, 6.07) is 0.339. The summed E-state index contributed by atoms with van der Waals surface area (Å²) in [6.07, 6.45) is 9.76. The predicted molar refractivity (Wildman–Crippen MR) is 102 cm³/mol. The van der Waals surface area contributed by atoms with Crippen LogP contribution in [0.15, 0.2) is 12.2 Å². The lowest BCUT2D eigenvalue weighted by molar-refractivity contribution is -0.163. The van der Waals surface area contributed by atoms with Gasteiger partial charge in [0.25, 0.3) is 0 Å². The first kappa shape index (κ1) is 18.9. The minimum Gasteiger partial charge on any atom is -0.396 e. The molecule has 0 aromatic carbocycles. The molecule has 1 aliphatic heterocycles. The van der Waals surface area contributed by atoms with Gasteiger partial charge in [0.05, 0.1) is 0 Å². The molecule has 1 amide bonds. The van der Waals surface area contributed by atoms with Crippen molar-refractivity contribution < 1.29 is 9.90 Å². The number of hydrogen-bond donors (Lipinski definition) is 1. The molecule has 3 rings (SSSR count). The van der Waals surface area contributed by atoms with Gasteiger partial charge in [0.15, 0.2) is 0 Å². The van der Waals surface area contributed by atoms with Crippen molar-refractivity contribution in [3.8, 4) is 0 Å². The quantitative estimate of drug-likeness (QED) is 0.828. The number of rotatable bonds is 3. The third-order valence-electron chi connectivity index (χ3n) is 9.14. The molecule has 142 valence electrons. The fraction of sp³-hybridized carbons (Fsp3) is 0.864. The van der Waals surface area contributed by atoms with E-state index < -0.39 is 0 Å². The number of aliphatic hydroxyl groups excluding tert-OH is 1. The Hall–Kier alpha value is -0.830. The highest BCUT2D eigenvalue weighted by Gasteiger charge is 2.61. The van der Waals surface area contributed by atoms with Crippen LogP contribution in [-0.2, 0) is 4.79 Å². The number of carbonyl (C=O) groups excluding carboxylic acids is 1. The average molecular weight is 348 g/mol. The third kappa shape index (κ3) is 2.44. The van der Waals surface area contributed by atoms with Gasteiger partial charge in [-0.1, -0.05) is 47.1 Å². The van der Waals surface area contributed by atoms with E-state index in [0.29, 0.717) is 30.4 Å². The van der Waals surface area contributed by atoms with Gasteiger partial charge in [-0.15, -0.1) is 0 Å². The molecular weight excluding hydrogens is 310 g/mol. The van der Waals surface area contributed by atoms with Crippen LogP contribution in [0.1, 0.15) is 66.7 Å². The molecule has 25 heavy (non-hydrogen) atoms. The van der Waals surface area contributed by atoms with E-state index in [2.05, 4.69) is 40.7 Å². The monoisotopic (exact) mass is 347 g/mol. The van der Waals surface area contributed by atoms with Gasteiger partial charge in [-0.05, 0) is 60.3 Å². The van der Waals surface area contributed by atoms with Crippen LogP contribution in [0.5, 0.6) is 0 Å². The third-order valence-corrected chi connectivity index (χ3v) is 9.14. The van der Waals surface area contributed by atoms with Crippen LogP contribution >= 0.6 is 0 Å². The fourth-order valence-corrected chi connectivity index (χ4v) is 6.99. The molecule has 3 aliphatic rings. The van der Waals surface area contributed by atoms with E-state index in [-0.39, 0.29) is 22.2 Å². The maximum atomic E-state index is 12.2. The van der Waals surface area contributed by atoms with Crippen molar-refractivity contribution in [2.75, 3.05) is 13.7 Å². The molecule has 2 unspecified atom stereocenters. The molecule has 0 saturated heterocycles. The number of fused-ring (bicyclic) bond motifs is 3. The minimum atomic E-state index is 0.0884. The first-order valence-electron chi connectivity index (χ1n) is 10.2. The first-order valence-corrected chi connectivity index (χ1v) is 10.2. The summed E-state index contributed by atoms with van der Waals surface area (Å²) < 4.78 is 0. The van der Waals surface area contributed by atoms with Crippen molar-refractivity contribution in [3.05, 3.63) is 12.2 Å². The van der Waals surface area contributed by atoms with Crippen molar-refractivity contribution in [2.45, 2.75) is 72.8 Å². The van der Waals surface area contributed by atoms with Gasteiger partial charge < -0.3 is 10.0 Å². The van der Waals surface area contributed by atoms with Crippen molar-refractivity contribution in [2.24, 2.45) is 34.0 Å². The summed E-state index contributed by atoms with van der Waals surface area (Å²) in [4.78, 5) is 14.1. The summed E-state index contributed by atoms with van der Waals surface area (Å²) in [6.45, 7) is 12.2. The minimum absolute atomic E-state index is 0.0884. The Balaban J connectivity index is 1.98. The van der Waals surface area contributed by atoms with Gasteiger partial charge in [0, 0.05) is 25.1 Å². The lowest BCUT2D eigenvalue weighted by atomic mass is 9.41.